The molecule has 4 rings (SSSR count). The number of hydrogen-bond acceptors (Lipinski definition) is 3. The Hall–Kier alpha value is -2.35. The first-order valence-electron chi connectivity index (χ1n) is 9.56. The Labute approximate surface area is 174 Å². The summed E-state index contributed by atoms with van der Waals surface area (Å²) >= 11 is 6.35. The lowest BCUT2D eigenvalue weighted by atomic mass is 10.2. The quantitative estimate of drug-likeness (QED) is 0.635. The van der Waals surface area contributed by atoms with Crippen LogP contribution < -0.4 is 5.32 Å². The SMILES string of the molecule is Cc1ccc(NC(=O)c2[nH]c3ccccc3c2Cl)cc1S(=O)(=O)N1CCCCC1. The maximum absolute atomic E-state index is 13.1. The van der Waals surface area contributed by atoms with Gasteiger partial charge in [-0.05, 0) is 43.5 Å². The van der Waals surface area contributed by atoms with Gasteiger partial charge >= 0.3 is 0 Å². The molecule has 1 saturated heterocycles. The van der Waals surface area contributed by atoms with E-state index < -0.39 is 15.9 Å². The monoisotopic (exact) mass is 431 g/mol. The number of nitrogens with one attached hydrogen (secondary N) is 2. The highest BCUT2D eigenvalue weighted by molar-refractivity contribution is 7.89. The number of fused-ring (bicyclic) bond motifs is 1. The van der Waals surface area contributed by atoms with Crippen LogP contribution >= 0.6 is 11.6 Å². The van der Waals surface area contributed by atoms with Crippen LogP contribution in [-0.2, 0) is 10.0 Å². The Morgan fingerprint density at radius 1 is 1.10 bits per heavy atom. The van der Waals surface area contributed by atoms with Crippen molar-refractivity contribution in [3.05, 3.63) is 58.7 Å². The molecule has 1 aliphatic heterocycles. The molecule has 152 valence electrons. The first kappa shape index (κ1) is 19.9. The minimum Gasteiger partial charge on any atom is -0.349 e. The molecule has 6 nitrogen and oxygen atoms in total. The van der Waals surface area contributed by atoms with E-state index in [1.807, 2.05) is 24.3 Å². The Bertz CT molecular complexity index is 1180. The van der Waals surface area contributed by atoms with Crippen molar-refractivity contribution >= 4 is 44.1 Å². The van der Waals surface area contributed by atoms with Crippen LogP contribution in [0.25, 0.3) is 10.9 Å². The number of carbonyl (C=O) groups is 1. The molecule has 2 aromatic carbocycles. The second-order valence-electron chi connectivity index (χ2n) is 7.26. The fourth-order valence-corrected chi connectivity index (χ4v) is 5.72. The average Bonchev–Trinajstić information content (AvgIpc) is 3.07. The van der Waals surface area contributed by atoms with Crippen LogP contribution in [0, 0.1) is 6.92 Å². The predicted octanol–water partition coefficient (Wildman–Crippen LogP) is 4.56. The summed E-state index contributed by atoms with van der Waals surface area (Å²) in [5.41, 5.74) is 2.07. The lowest BCUT2D eigenvalue weighted by molar-refractivity contribution is 0.102. The van der Waals surface area contributed by atoms with E-state index in [-0.39, 0.29) is 10.6 Å². The van der Waals surface area contributed by atoms with Gasteiger partial charge in [-0.2, -0.15) is 4.31 Å². The molecule has 2 N–H and O–H groups in total. The molecule has 0 unspecified atom stereocenters. The zero-order chi connectivity index (χ0) is 20.6. The normalized spacial score (nSPS) is 15.5. The fourth-order valence-electron chi connectivity index (χ4n) is 3.66. The molecule has 3 aromatic rings. The highest BCUT2D eigenvalue weighted by atomic mass is 35.5. The molecule has 2 heterocycles. The number of sulfonamides is 1. The Morgan fingerprint density at radius 3 is 2.55 bits per heavy atom. The second-order valence-corrected chi connectivity index (χ2v) is 9.54. The summed E-state index contributed by atoms with van der Waals surface area (Å²) in [6.07, 6.45) is 2.79. The second kappa shape index (κ2) is 7.82. The van der Waals surface area contributed by atoms with Crippen LogP contribution in [0.1, 0.15) is 35.3 Å². The molecule has 0 saturated carbocycles. The smallest absolute Gasteiger partial charge is 0.273 e. The number of anilines is 1. The number of aromatic amines is 1. The summed E-state index contributed by atoms with van der Waals surface area (Å²) in [7, 11) is -3.60. The van der Waals surface area contributed by atoms with Crippen LogP contribution in [0.15, 0.2) is 47.4 Å². The highest BCUT2D eigenvalue weighted by Crippen LogP contribution is 2.29. The van der Waals surface area contributed by atoms with Gasteiger partial charge in [-0.1, -0.05) is 42.3 Å². The van der Waals surface area contributed by atoms with Gasteiger partial charge in [-0.3, -0.25) is 4.79 Å². The molecular weight excluding hydrogens is 410 g/mol. The summed E-state index contributed by atoms with van der Waals surface area (Å²) in [5.74, 6) is -0.420. The first-order valence-corrected chi connectivity index (χ1v) is 11.4. The van der Waals surface area contributed by atoms with Gasteiger partial charge in [0.05, 0.1) is 9.92 Å². The maximum Gasteiger partial charge on any atom is 0.273 e. The van der Waals surface area contributed by atoms with Crippen molar-refractivity contribution in [1.82, 2.24) is 9.29 Å². The van der Waals surface area contributed by atoms with Gasteiger partial charge in [0.25, 0.3) is 5.91 Å². The summed E-state index contributed by atoms with van der Waals surface area (Å²) in [6.45, 7) is 2.82. The van der Waals surface area contributed by atoms with E-state index in [0.29, 0.717) is 29.4 Å². The van der Waals surface area contributed by atoms with E-state index in [0.717, 1.165) is 30.2 Å². The number of aryl methyl sites for hydroxylation is 1. The third kappa shape index (κ3) is 3.77. The summed E-state index contributed by atoms with van der Waals surface area (Å²) in [6, 6.07) is 12.3. The third-order valence-electron chi connectivity index (χ3n) is 5.25. The van der Waals surface area contributed by atoms with Crippen molar-refractivity contribution in [3.63, 3.8) is 0 Å². The van der Waals surface area contributed by atoms with Crippen molar-refractivity contribution in [2.75, 3.05) is 18.4 Å². The molecule has 0 bridgehead atoms. The van der Waals surface area contributed by atoms with Gasteiger partial charge in [0, 0.05) is 29.7 Å². The van der Waals surface area contributed by atoms with E-state index >= 15 is 0 Å². The lowest BCUT2D eigenvalue weighted by Gasteiger charge is -2.26. The molecule has 8 heteroatoms. The van der Waals surface area contributed by atoms with E-state index in [9.17, 15) is 13.2 Å². The number of halogens is 1. The number of amides is 1. The summed E-state index contributed by atoms with van der Waals surface area (Å²) in [4.78, 5) is 16.0. The molecule has 0 atom stereocenters. The van der Waals surface area contributed by atoms with Gasteiger partial charge < -0.3 is 10.3 Å². The highest BCUT2D eigenvalue weighted by Gasteiger charge is 2.28. The zero-order valence-corrected chi connectivity index (χ0v) is 17.6. The van der Waals surface area contributed by atoms with Crippen molar-refractivity contribution in [1.29, 1.82) is 0 Å². The van der Waals surface area contributed by atoms with Gasteiger partial charge in [0.2, 0.25) is 10.0 Å². The van der Waals surface area contributed by atoms with Crippen molar-refractivity contribution in [2.45, 2.75) is 31.1 Å². The molecule has 0 aliphatic carbocycles. The lowest BCUT2D eigenvalue weighted by Crippen LogP contribution is -2.36. The molecule has 1 fully saturated rings. The minimum atomic E-state index is -3.60. The van der Waals surface area contributed by atoms with Gasteiger partial charge in [0.15, 0.2) is 0 Å². The maximum atomic E-state index is 13.1. The van der Waals surface area contributed by atoms with E-state index in [1.165, 1.54) is 10.4 Å². The van der Waals surface area contributed by atoms with Gasteiger partial charge in [-0.25, -0.2) is 8.42 Å². The molecule has 1 aromatic heterocycles. The molecule has 1 aliphatic rings. The van der Waals surface area contributed by atoms with Crippen LogP contribution in [0.5, 0.6) is 0 Å². The number of hydrogen-bond donors (Lipinski definition) is 2. The minimum absolute atomic E-state index is 0.222. The number of para-hydroxylation sites is 1. The van der Waals surface area contributed by atoms with E-state index in [1.54, 1.807) is 19.1 Å². The van der Waals surface area contributed by atoms with E-state index in [2.05, 4.69) is 10.3 Å². The predicted molar refractivity (Wildman–Crippen MR) is 115 cm³/mol. The van der Waals surface area contributed by atoms with Gasteiger partial charge in [-0.15, -0.1) is 0 Å². The Balaban J connectivity index is 1.63. The number of nitrogens with zero attached hydrogens (tertiary/aromatic N) is 1. The molecular formula is C21H22ClN3O3S. The molecule has 29 heavy (non-hydrogen) atoms. The molecule has 1 amide bonds. The van der Waals surface area contributed by atoms with Crippen LogP contribution in [0.3, 0.4) is 0 Å². The number of benzene rings is 2. The Morgan fingerprint density at radius 2 is 1.83 bits per heavy atom. The number of piperidine rings is 1. The summed E-state index contributed by atoms with van der Waals surface area (Å²) < 4.78 is 27.7. The Kier molecular flexibility index (Phi) is 5.38. The average molecular weight is 432 g/mol. The number of H-pyrrole nitrogens is 1. The zero-order valence-electron chi connectivity index (χ0n) is 16.0. The molecule has 0 radical (unpaired) electrons. The van der Waals surface area contributed by atoms with Crippen molar-refractivity contribution < 1.29 is 13.2 Å². The summed E-state index contributed by atoms with van der Waals surface area (Å²) in [5, 5.41) is 3.87. The number of carbonyl (C=O) groups excluding carboxylic acids is 1. The molecule has 0 spiro atoms. The van der Waals surface area contributed by atoms with Gasteiger partial charge in [0.1, 0.15) is 5.69 Å². The fraction of sp³-hybridized carbons (Fsp3) is 0.286. The van der Waals surface area contributed by atoms with Crippen LogP contribution in [0.4, 0.5) is 5.69 Å². The topological polar surface area (TPSA) is 82.3 Å². The number of aromatic nitrogens is 1. The van der Waals surface area contributed by atoms with Crippen molar-refractivity contribution in [3.8, 4) is 0 Å². The third-order valence-corrected chi connectivity index (χ3v) is 7.68. The van der Waals surface area contributed by atoms with Crippen LogP contribution in [0.2, 0.25) is 5.02 Å². The van der Waals surface area contributed by atoms with Crippen molar-refractivity contribution in [2.24, 2.45) is 0 Å². The first-order chi connectivity index (χ1) is 13.9. The largest absolute Gasteiger partial charge is 0.349 e. The number of rotatable bonds is 4. The standard InChI is InChI=1S/C21H22ClN3O3S/c1-14-9-10-15(13-18(14)29(27,28)25-11-5-2-6-12-25)23-21(26)20-19(22)16-7-3-4-8-17(16)24-20/h3-4,7-10,13,24H,2,5-6,11-12H2,1H3,(H,23,26). The van der Waals surface area contributed by atoms with E-state index in [4.69, 9.17) is 11.6 Å². The van der Waals surface area contributed by atoms with Crippen LogP contribution in [-0.4, -0.2) is 36.7 Å².